The van der Waals surface area contributed by atoms with Gasteiger partial charge in [0.2, 0.25) is 0 Å². The summed E-state index contributed by atoms with van der Waals surface area (Å²) in [5.74, 6) is 0.541. The Hall–Kier alpha value is -1.79. The highest BCUT2D eigenvalue weighted by molar-refractivity contribution is 6.33. The van der Waals surface area contributed by atoms with Gasteiger partial charge >= 0.3 is 0 Å². The standard InChI is InChI=1S/C13H17ClN4O2/c1-17(2)10(11-5-4-6-20-11)8-15-13(19)12-9(14)7-16-18(12)3/h4-7,10H,8H2,1-3H3,(H,15,19). The molecular formula is C13H17ClN4O2. The van der Waals surface area contributed by atoms with Gasteiger partial charge < -0.3 is 9.73 Å². The summed E-state index contributed by atoms with van der Waals surface area (Å²) in [5.41, 5.74) is 0.351. The molecule has 108 valence electrons. The van der Waals surface area contributed by atoms with Crippen molar-refractivity contribution in [1.29, 1.82) is 0 Å². The third-order valence-corrected chi connectivity index (χ3v) is 3.34. The number of likely N-dealkylation sites (N-methyl/N-ethyl adjacent to an activating group) is 1. The summed E-state index contributed by atoms with van der Waals surface area (Å²) >= 11 is 5.94. The number of carbonyl (C=O) groups is 1. The monoisotopic (exact) mass is 296 g/mol. The highest BCUT2D eigenvalue weighted by atomic mass is 35.5. The molecule has 2 rings (SSSR count). The summed E-state index contributed by atoms with van der Waals surface area (Å²) < 4.78 is 6.84. The van der Waals surface area contributed by atoms with E-state index in [4.69, 9.17) is 16.0 Å². The molecule has 2 aromatic rings. The molecule has 1 unspecified atom stereocenters. The minimum atomic E-state index is -0.256. The van der Waals surface area contributed by atoms with Crippen molar-refractivity contribution in [3.05, 3.63) is 41.1 Å². The predicted molar refractivity (Wildman–Crippen MR) is 75.7 cm³/mol. The van der Waals surface area contributed by atoms with Gasteiger partial charge in [0.1, 0.15) is 11.5 Å². The van der Waals surface area contributed by atoms with Crippen molar-refractivity contribution in [3.63, 3.8) is 0 Å². The van der Waals surface area contributed by atoms with E-state index in [0.29, 0.717) is 17.3 Å². The number of aromatic nitrogens is 2. The Kier molecular flexibility index (Phi) is 4.46. The number of nitrogens with one attached hydrogen (secondary N) is 1. The second kappa shape index (κ2) is 6.11. The van der Waals surface area contributed by atoms with Gasteiger partial charge in [0, 0.05) is 13.6 Å². The molecule has 1 amide bonds. The van der Waals surface area contributed by atoms with Crippen LogP contribution in [0.25, 0.3) is 0 Å². The zero-order valence-electron chi connectivity index (χ0n) is 11.6. The number of halogens is 1. The Bertz CT molecular complexity index is 558. The van der Waals surface area contributed by atoms with Crippen LogP contribution in [0.2, 0.25) is 5.02 Å². The van der Waals surface area contributed by atoms with E-state index in [-0.39, 0.29) is 11.9 Å². The summed E-state index contributed by atoms with van der Waals surface area (Å²) in [6.07, 6.45) is 3.07. The number of carbonyl (C=O) groups excluding carboxylic acids is 1. The second-order valence-electron chi connectivity index (χ2n) is 4.67. The molecule has 0 aliphatic carbocycles. The summed E-state index contributed by atoms with van der Waals surface area (Å²) in [7, 11) is 5.53. The molecule has 20 heavy (non-hydrogen) atoms. The summed E-state index contributed by atoms with van der Waals surface area (Å²) in [6, 6.07) is 3.67. The van der Waals surface area contributed by atoms with Crippen LogP contribution >= 0.6 is 11.6 Å². The van der Waals surface area contributed by atoms with Crippen molar-refractivity contribution >= 4 is 17.5 Å². The van der Waals surface area contributed by atoms with Crippen LogP contribution in [0, 0.1) is 0 Å². The number of hydrogen-bond acceptors (Lipinski definition) is 4. The smallest absolute Gasteiger partial charge is 0.271 e. The predicted octanol–water partition coefficient (Wildman–Crippen LogP) is 1.70. The Morgan fingerprint density at radius 1 is 1.60 bits per heavy atom. The van der Waals surface area contributed by atoms with Gasteiger partial charge in [-0.1, -0.05) is 11.6 Å². The molecule has 2 aromatic heterocycles. The van der Waals surface area contributed by atoms with Crippen molar-refractivity contribution in [2.45, 2.75) is 6.04 Å². The zero-order chi connectivity index (χ0) is 14.7. The molecule has 6 nitrogen and oxygen atoms in total. The van der Waals surface area contributed by atoms with E-state index in [2.05, 4.69) is 10.4 Å². The molecule has 0 bridgehead atoms. The lowest BCUT2D eigenvalue weighted by atomic mass is 10.2. The van der Waals surface area contributed by atoms with Crippen LogP contribution in [-0.2, 0) is 7.05 Å². The fourth-order valence-corrected chi connectivity index (χ4v) is 2.21. The van der Waals surface area contributed by atoms with Gasteiger partial charge in [0.25, 0.3) is 5.91 Å². The highest BCUT2D eigenvalue weighted by Gasteiger charge is 2.20. The zero-order valence-corrected chi connectivity index (χ0v) is 12.4. The molecule has 1 atom stereocenters. The van der Waals surface area contributed by atoms with E-state index < -0.39 is 0 Å². The van der Waals surface area contributed by atoms with Gasteiger partial charge in [-0.15, -0.1) is 0 Å². The minimum Gasteiger partial charge on any atom is -0.468 e. The molecule has 0 saturated heterocycles. The molecule has 0 fully saturated rings. The van der Waals surface area contributed by atoms with E-state index in [0.717, 1.165) is 5.76 Å². The molecule has 0 aromatic carbocycles. The second-order valence-corrected chi connectivity index (χ2v) is 5.08. The first-order chi connectivity index (χ1) is 9.50. The molecule has 0 aliphatic rings. The number of nitrogens with zero attached hydrogens (tertiary/aromatic N) is 3. The lowest BCUT2D eigenvalue weighted by Crippen LogP contribution is -2.35. The van der Waals surface area contributed by atoms with E-state index >= 15 is 0 Å². The largest absolute Gasteiger partial charge is 0.468 e. The summed E-state index contributed by atoms with van der Waals surface area (Å²) in [5, 5.41) is 7.13. The maximum absolute atomic E-state index is 12.1. The Labute approximate surface area is 122 Å². The summed E-state index contributed by atoms with van der Waals surface area (Å²) in [4.78, 5) is 14.1. The molecule has 2 heterocycles. The van der Waals surface area contributed by atoms with Crippen LogP contribution in [0.3, 0.4) is 0 Å². The first-order valence-electron chi connectivity index (χ1n) is 6.16. The van der Waals surface area contributed by atoms with Gasteiger partial charge in [0.05, 0.1) is 23.5 Å². The lowest BCUT2D eigenvalue weighted by molar-refractivity contribution is 0.0930. The molecular weight excluding hydrogens is 280 g/mol. The van der Waals surface area contributed by atoms with Crippen LogP contribution in [0.1, 0.15) is 22.3 Å². The lowest BCUT2D eigenvalue weighted by Gasteiger charge is -2.22. The van der Waals surface area contributed by atoms with Crippen LogP contribution < -0.4 is 5.32 Å². The van der Waals surface area contributed by atoms with Crippen molar-refractivity contribution in [2.75, 3.05) is 20.6 Å². The number of rotatable bonds is 5. The van der Waals surface area contributed by atoms with Crippen molar-refractivity contribution in [2.24, 2.45) is 7.05 Å². The molecule has 7 heteroatoms. The third kappa shape index (κ3) is 3.02. The van der Waals surface area contributed by atoms with E-state index in [9.17, 15) is 4.79 Å². The quantitative estimate of drug-likeness (QED) is 0.912. The fourth-order valence-electron chi connectivity index (χ4n) is 1.96. The first-order valence-corrected chi connectivity index (χ1v) is 6.54. The Balaban J connectivity index is 2.05. The molecule has 0 spiro atoms. The number of amides is 1. The van der Waals surface area contributed by atoms with Gasteiger partial charge in [-0.05, 0) is 26.2 Å². The summed E-state index contributed by atoms with van der Waals surface area (Å²) in [6.45, 7) is 0.418. The van der Waals surface area contributed by atoms with Crippen molar-refractivity contribution in [1.82, 2.24) is 20.0 Å². The molecule has 0 saturated carbocycles. The highest BCUT2D eigenvalue weighted by Crippen LogP contribution is 2.18. The van der Waals surface area contributed by atoms with Crippen LogP contribution in [-0.4, -0.2) is 41.2 Å². The van der Waals surface area contributed by atoms with Crippen molar-refractivity contribution in [3.8, 4) is 0 Å². The van der Waals surface area contributed by atoms with Gasteiger partial charge in [0.15, 0.2) is 0 Å². The van der Waals surface area contributed by atoms with Gasteiger partial charge in [-0.25, -0.2) is 0 Å². The molecule has 0 aliphatic heterocycles. The SMILES string of the molecule is CN(C)C(CNC(=O)c1c(Cl)cnn1C)c1ccco1. The van der Waals surface area contributed by atoms with Crippen LogP contribution in [0.15, 0.2) is 29.0 Å². The maximum Gasteiger partial charge on any atom is 0.271 e. The first kappa shape index (κ1) is 14.6. The maximum atomic E-state index is 12.1. The average molecular weight is 297 g/mol. The average Bonchev–Trinajstić information content (AvgIpc) is 3.00. The van der Waals surface area contributed by atoms with E-state index in [1.54, 1.807) is 13.3 Å². The van der Waals surface area contributed by atoms with Gasteiger partial charge in [-0.2, -0.15) is 5.10 Å². The topological polar surface area (TPSA) is 63.3 Å². The number of hydrogen-bond donors (Lipinski definition) is 1. The minimum absolute atomic E-state index is 0.0408. The van der Waals surface area contributed by atoms with E-state index in [1.807, 2.05) is 31.1 Å². The fraction of sp³-hybridized carbons (Fsp3) is 0.385. The number of aryl methyl sites for hydroxylation is 1. The van der Waals surface area contributed by atoms with Crippen molar-refractivity contribution < 1.29 is 9.21 Å². The van der Waals surface area contributed by atoms with E-state index in [1.165, 1.54) is 10.9 Å². The van der Waals surface area contributed by atoms with Crippen LogP contribution in [0.4, 0.5) is 0 Å². The molecule has 1 N–H and O–H groups in total. The van der Waals surface area contributed by atoms with Crippen LogP contribution in [0.5, 0.6) is 0 Å². The normalized spacial score (nSPS) is 12.7. The van der Waals surface area contributed by atoms with Gasteiger partial charge in [-0.3, -0.25) is 14.4 Å². The third-order valence-electron chi connectivity index (χ3n) is 3.06. The molecule has 0 radical (unpaired) electrons. The Morgan fingerprint density at radius 3 is 2.85 bits per heavy atom. The number of furan rings is 1. The Morgan fingerprint density at radius 2 is 2.35 bits per heavy atom.